The van der Waals surface area contributed by atoms with Crippen LogP contribution in [-0.2, 0) is 6.61 Å². The van der Waals surface area contributed by atoms with Crippen LogP contribution < -0.4 is 15.5 Å². The molecule has 0 bridgehead atoms. The molecular weight excluding hydrogens is 267 g/mol. The van der Waals surface area contributed by atoms with Crippen LogP contribution in [0.2, 0.25) is 0 Å². The Bertz CT molecular complexity index is 784. The van der Waals surface area contributed by atoms with E-state index in [1.165, 1.54) is 12.1 Å². The van der Waals surface area contributed by atoms with Crippen molar-refractivity contribution < 1.29 is 9.13 Å². The van der Waals surface area contributed by atoms with Gasteiger partial charge in [0.25, 0.3) is 0 Å². The van der Waals surface area contributed by atoms with Crippen molar-refractivity contribution in [3.8, 4) is 5.75 Å². The first-order chi connectivity index (χ1) is 10.1. The first kappa shape index (κ1) is 13.7. The van der Waals surface area contributed by atoms with Crippen LogP contribution in [0.1, 0.15) is 30.9 Å². The second kappa shape index (κ2) is 5.64. The van der Waals surface area contributed by atoms with Crippen LogP contribution in [0, 0.1) is 5.82 Å². The van der Waals surface area contributed by atoms with Gasteiger partial charge in [-0.1, -0.05) is 19.9 Å². The Morgan fingerprint density at radius 2 is 1.90 bits per heavy atom. The topological polar surface area (TPSA) is 34.0 Å². The molecular formula is C17H17FN2O. The molecule has 0 amide bonds. The summed E-state index contributed by atoms with van der Waals surface area (Å²) in [5.41, 5.74) is 1.92. The van der Waals surface area contributed by atoms with Gasteiger partial charge in [-0.15, -0.1) is 0 Å². The number of hydrogen-bond donors (Lipinski definition) is 0. The quantitative estimate of drug-likeness (QED) is 0.850. The highest BCUT2D eigenvalue weighted by Gasteiger charge is 2.09. The van der Waals surface area contributed by atoms with E-state index in [0.717, 1.165) is 27.6 Å². The third-order valence-electron chi connectivity index (χ3n) is 3.51. The number of ether oxygens (including phenoxy) is 1. The molecule has 0 spiro atoms. The van der Waals surface area contributed by atoms with Crippen molar-refractivity contribution in [1.82, 2.24) is 0 Å². The maximum atomic E-state index is 13.3. The molecule has 1 heterocycles. The molecule has 0 radical (unpaired) electrons. The van der Waals surface area contributed by atoms with Crippen LogP contribution in [0.4, 0.5) is 4.39 Å². The van der Waals surface area contributed by atoms with Crippen molar-refractivity contribution >= 4 is 0 Å². The molecule has 1 aliphatic rings. The van der Waals surface area contributed by atoms with Gasteiger partial charge in [-0.3, -0.25) is 9.98 Å². The number of halogens is 1. The lowest BCUT2D eigenvalue weighted by molar-refractivity contribution is 0.301. The Balaban J connectivity index is 1.81. The Labute approximate surface area is 122 Å². The molecule has 0 aromatic heterocycles. The number of hydrogen-bond acceptors (Lipinski definition) is 3. The van der Waals surface area contributed by atoms with Gasteiger partial charge in [0.05, 0.1) is 10.7 Å². The maximum Gasteiger partial charge on any atom is 0.130 e. The molecule has 3 nitrogen and oxygen atoms in total. The van der Waals surface area contributed by atoms with E-state index in [2.05, 4.69) is 9.98 Å². The molecule has 0 N–H and O–H groups in total. The number of fused-ring (bicyclic) bond motifs is 1. The summed E-state index contributed by atoms with van der Waals surface area (Å²) in [6.07, 6.45) is 0. The van der Waals surface area contributed by atoms with Crippen LogP contribution in [0.25, 0.3) is 0 Å². The van der Waals surface area contributed by atoms with E-state index in [0.29, 0.717) is 13.3 Å². The maximum absolute atomic E-state index is 13.3. The highest BCUT2D eigenvalue weighted by molar-refractivity contribution is 5.36. The normalized spacial score (nSPS) is 12.8. The zero-order valence-corrected chi connectivity index (χ0v) is 12.1. The van der Waals surface area contributed by atoms with Gasteiger partial charge in [-0.05, 0) is 47.4 Å². The van der Waals surface area contributed by atoms with Crippen molar-refractivity contribution in [1.29, 1.82) is 0 Å². The highest BCUT2D eigenvalue weighted by atomic mass is 19.1. The third kappa shape index (κ3) is 2.94. The molecule has 4 heteroatoms. The molecule has 0 aliphatic carbocycles. The number of rotatable bonds is 4. The molecule has 108 valence electrons. The van der Waals surface area contributed by atoms with E-state index in [1.54, 1.807) is 6.07 Å². The largest absolute Gasteiger partial charge is 0.489 e. The summed E-state index contributed by atoms with van der Waals surface area (Å²) >= 11 is 0. The van der Waals surface area contributed by atoms with Gasteiger partial charge < -0.3 is 4.74 Å². The molecule has 3 rings (SSSR count). The van der Waals surface area contributed by atoms with Crippen molar-refractivity contribution in [2.45, 2.75) is 26.4 Å². The number of nitrogens with zero attached hydrogens (tertiary/aromatic N) is 2. The van der Waals surface area contributed by atoms with Crippen LogP contribution >= 0.6 is 0 Å². The Hall–Kier alpha value is -2.23. The van der Waals surface area contributed by atoms with Crippen LogP contribution in [0.15, 0.2) is 46.4 Å². The lowest BCUT2D eigenvalue weighted by atomic mass is 10.0. The van der Waals surface area contributed by atoms with Gasteiger partial charge in [0, 0.05) is 0 Å². The monoisotopic (exact) mass is 284 g/mol. The fraction of sp³-hybridized carbons (Fsp3) is 0.294. The first-order valence-corrected chi connectivity index (χ1v) is 7.03. The molecule has 0 saturated heterocycles. The zero-order valence-electron chi connectivity index (χ0n) is 12.1. The fourth-order valence-corrected chi connectivity index (χ4v) is 2.37. The molecule has 2 aromatic rings. The molecule has 0 unspecified atom stereocenters. The van der Waals surface area contributed by atoms with Crippen LogP contribution in [-0.4, -0.2) is 6.67 Å². The van der Waals surface area contributed by atoms with Crippen molar-refractivity contribution in [3.05, 3.63) is 64.1 Å². The molecule has 21 heavy (non-hydrogen) atoms. The summed E-state index contributed by atoms with van der Waals surface area (Å²) in [5, 5.41) is 1.85. The van der Waals surface area contributed by atoms with Crippen LogP contribution in [0.5, 0.6) is 5.75 Å². The predicted molar refractivity (Wildman–Crippen MR) is 78.4 cm³/mol. The fourth-order valence-electron chi connectivity index (χ4n) is 2.37. The molecule has 0 saturated carbocycles. The summed E-state index contributed by atoms with van der Waals surface area (Å²) in [6, 6.07) is 10.6. The van der Waals surface area contributed by atoms with Gasteiger partial charge >= 0.3 is 0 Å². The second-order valence-electron chi connectivity index (χ2n) is 5.41. The standard InChI is InChI=1S/C17H17FN2O/c1-11(2)14-8-13(18)4-6-17(14)21-9-12-3-5-15-16(7-12)20-10-19-15/h3-8,11H,9-10H2,1-2H3. The van der Waals surface area contributed by atoms with Crippen molar-refractivity contribution in [2.75, 3.05) is 6.67 Å². The van der Waals surface area contributed by atoms with Gasteiger partial charge in [0.15, 0.2) is 0 Å². The molecule has 0 fully saturated rings. The van der Waals surface area contributed by atoms with Crippen LogP contribution in [0.3, 0.4) is 0 Å². The second-order valence-corrected chi connectivity index (χ2v) is 5.41. The zero-order chi connectivity index (χ0) is 14.8. The van der Waals surface area contributed by atoms with Gasteiger partial charge in [-0.25, -0.2) is 4.39 Å². The highest BCUT2D eigenvalue weighted by Crippen LogP contribution is 2.27. The average Bonchev–Trinajstić information content (AvgIpc) is 2.93. The average molecular weight is 284 g/mol. The van der Waals surface area contributed by atoms with Crippen molar-refractivity contribution in [2.24, 2.45) is 9.98 Å². The minimum atomic E-state index is -0.232. The molecule has 1 aliphatic heterocycles. The SMILES string of the molecule is CC(C)c1cc(F)ccc1OCc1ccc2c(c1)=NCN=2. The van der Waals surface area contributed by atoms with E-state index < -0.39 is 0 Å². The lowest BCUT2D eigenvalue weighted by Crippen LogP contribution is -2.22. The van der Waals surface area contributed by atoms with E-state index >= 15 is 0 Å². The van der Waals surface area contributed by atoms with E-state index in [1.807, 2.05) is 32.0 Å². The van der Waals surface area contributed by atoms with Gasteiger partial charge in [0.1, 0.15) is 24.8 Å². The summed E-state index contributed by atoms with van der Waals surface area (Å²) in [4.78, 5) is 8.56. The van der Waals surface area contributed by atoms with Crippen molar-refractivity contribution in [3.63, 3.8) is 0 Å². The summed E-state index contributed by atoms with van der Waals surface area (Å²) in [6.45, 7) is 5.00. The third-order valence-corrected chi connectivity index (χ3v) is 3.51. The summed E-state index contributed by atoms with van der Waals surface area (Å²) in [7, 11) is 0. The molecule has 0 atom stereocenters. The van der Waals surface area contributed by atoms with Gasteiger partial charge in [-0.2, -0.15) is 0 Å². The van der Waals surface area contributed by atoms with Gasteiger partial charge in [0.2, 0.25) is 0 Å². The Morgan fingerprint density at radius 1 is 1.10 bits per heavy atom. The van der Waals surface area contributed by atoms with E-state index in [9.17, 15) is 4.39 Å². The summed E-state index contributed by atoms with van der Waals surface area (Å²) < 4.78 is 19.2. The Morgan fingerprint density at radius 3 is 2.71 bits per heavy atom. The minimum Gasteiger partial charge on any atom is -0.489 e. The summed E-state index contributed by atoms with van der Waals surface area (Å²) in [5.74, 6) is 0.710. The first-order valence-electron chi connectivity index (χ1n) is 7.03. The minimum absolute atomic E-state index is 0.213. The molecule has 2 aromatic carbocycles. The lowest BCUT2D eigenvalue weighted by Gasteiger charge is -2.14. The predicted octanol–water partition coefficient (Wildman–Crippen LogP) is 2.74. The van der Waals surface area contributed by atoms with E-state index in [4.69, 9.17) is 4.74 Å². The number of benzene rings is 2. The Kier molecular flexibility index (Phi) is 3.69. The smallest absolute Gasteiger partial charge is 0.130 e. The van der Waals surface area contributed by atoms with E-state index in [-0.39, 0.29) is 11.7 Å².